The third-order valence-electron chi connectivity index (χ3n) is 4.96. The van der Waals surface area contributed by atoms with Crippen molar-refractivity contribution in [2.24, 2.45) is 5.92 Å². The summed E-state index contributed by atoms with van der Waals surface area (Å²) in [5.74, 6) is 0.0549. The molecule has 0 radical (unpaired) electrons. The van der Waals surface area contributed by atoms with Gasteiger partial charge in [-0.3, -0.25) is 14.4 Å². The molecule has 3 amide bonds. The minimum atomic E-state index is -0.555. The van der Waals surface area contributed by atoms with E-state index in [0.717, 1.165) is 5.56 Å². The normalized spacial score (nSPS) is 24.1. The number of carbonyl (C=O) groups excluding carboxylic acids is 3. The lowest BCUT2D eigenvalue weighted by Gasteiger charge is -2.48. The van der Waals surface area contributed by atoms with Crippen LogP contribution in [0.5, 0.6) is 0 Å². The van der Waals surface area contributed by atoms with Gasteiger partial charge in [-0.1, -0.05) is 13.8 Å². The van der Waals surface area contributed by atoms with E-state index < -0.39 is 12.1 Å². The topological polar surface area (TPSA) is 60.9 Å². The van der Waals surface area contributed by atoms with Crippen LogP contribution in [0.3, 0.4) is 0 Å². The highest BCUT2D eigenvalue weighted by Crippen LogP contribution is 2.26. The van der Waals surface area contributed by atoms with Gasteiger partial charge in [0.15, 0.2) is 0 Å². The number of thiophene rings is 1. The Hall–Kier alpha value is -1.89. The highest BCUT2D eigenvalue weighted by molar-refractivity contribution is 7.12. The van der Waals surface area contributed by atoms with Crippen LogP contribution in [0.4, 0.5) is 0 Å². The highest BCUT2D eigenvalue weighted by atomic mass is 32.1. The highest BCUT2D eigenvalue weighted by Gasteiger charge is 2.47. The van der Waals surface area contributed by atoms with Gasteiger partial charge in [-0.2, -0.15) is 0 Å². The number of hydrogen-bond donors (Lipinski definition) is 0. The van der Waals surface area contributed by atoms with Gasteiger partial charge < -0.3 is 14.7 Å². The molecule has 0 spiro atoms. The lowest BCUT2D eigenvalue weighted by atomic mass is 10.0. The monoisotopic (exact) mass is 363 g/mol. The van der Waals surface area contributed by atoms with Gasteiger partial charge in [-0.15, -0.1) is 11.3 Å². The summed E-state index contributed by atoms with van der Waals surface area (Å²) < 4.78 is 0. The Labute approximate surface area is 152 Å². The second-order valence-electron chi connectivity index (χ2n) is 7.29. The zero-order chi connectivity index (χ0) is 18.3. The van der Waals surface area contributed by atoms with Crippen molar-refractivity contribution in [3.05, 3.63) is 21.9 Å². The maximum atomic E-state index is 12.9. The molecule has 1 aromatic rings. The van der Waals surface area contributed by atoms with Crippen molar-refractivity contribution in [1.82, 2.24) is 14.7 Å². The Kier molecular flexibility index (Phi) is 4.86. The Morgan fingerprint density at radius 1 is 1.28 bits per heavy atom. The van der Waals surface area contributed by atoms with Gasteiger partial charge in [0.2, 0.25) is 11.8 Å². The van der Waals surface area contributed by atoms with Gasteiger partial charge in [-0.05, 0) is 36.8 Å². The largest absolute Gasteiger partial charge is 0.339 e. The minimum Gasteiger partial charge on any atom is -0.339 e. The molecular formula is C18H25N3O3S. The SMILES string of the molecule is Cc1ccsc1C(=O)N1C[C@H]2C(=O)N(CC(C)C)CCN2C(=O)[C@@H]1C. The molecular weight excluding hydrogens is 338 g/mol. The summed E-state index contributed by atoms with van der Waals surface area (Å²) >= 11 is 1.38. The first-order valence-corrected chi connectivity index (χ1v) is 9.63. The smallest absolute Gasteiger partial charge is 0.264 e. The van der Waals surface area contributed by atoms with E-state index in [0.29, 0.717) is 30.4 Å². The number of fused-ring (bicyclic) bond motifs is 1. The van der Waals surface area contributed by atoms with Crippen LogP contribution in [0.25, 0.3) is 0 Å². The van der Waals surface area contributed by atoms with Crippen LogP contribution in [-0.4, -0.2) is 70.7 Å². The third-order valence-corrected chi connectivity index (χ3v) is 5.97. The molecule has 2 saturated heterocycles. The Morgan fingerprint density at radius 2 is 2.00 bits per heavy atom. The maximum Gasteiger partial charge on any atom is 0.264 e. The van der Waals surface area contributed by atoms with Crippen LogP contribution in [0, 0.1) is 12.8 Å². The molecule has 0 saturated carbocycles. The first kappa shape index (κ1) is 17.9. The van der Waals surface area contributed by atoms with E-state index in [2.05, 4.69) is 13.8 Å². The van der Waals surface area contributed by atoms with Crippen LogP contribution in [0.2, 0.25) is 0 Å². The molecule has 136 valence electrons. The van der Waals surface area contributed by atoms with E-state index in [1.807, 2.05) is 23.3 Å². The molecule has 0 bridgehead atoms. The summed E-state index contributed by atoms with van der Waals surface area (Å²) in [5.41, 5.74) is 0.911. The summed E-state index contributed by atoms with van der Waals surface area (Å²) in [4.78, 5) is 44.3. The zero-order valence-electron chi connectivity index (χ0n) is 15.2. The van der Waals surface area contributed by atoms with Gasteiger partial charge in [0.1, 0.15) is 12.1 Å². The fraction of sp³-hybridized carbons (Fsp3) is 0.611. The second kappa shape index (κ2) is 6.78. The fourth-order valence-corrected chi connectivity index (χ4v) is 4.48. The van der Waals surface area contributed by atoms with E-state index in [4.69, 9.17) is 0 Å². The number of rotatable bonds is 3. The summed E-state index contributed by atoms with van der Waals surface area (Å²) in [7, 11) is 0. The lowest BCUT2D eigenvalue weighted by molar-refractivity contribution is -0.160. The maximum absolute atomic E-state index is 12.9. The number of nitrogens with zero attached hydrogens (tertiary/aromatic N) is 3. The molecule has 0 unspecified atom stereocenters. The van der Waals surface area contributed by atoms with Crippen molar-refractivity contribution < 1.29 is 14.4 Å². The molecule has 1 aromatic heterocycles. The fourth-order valence-electron chi connectivity index (χ4n) is 3.60. The molecule has 6 nitrogen and oxygen atoms in total. The van der Waals surface area contributed by atoms with Crippen molar-refractivity contribution in [1.29, 1.82) is 0 Å². The van der Waals surface area contributed by atoms with Gasteiger partial charge in [0.25, 0.3) is 5.91 Å². The molecule has 2 atom stereocenters. The molecule has 2 aliphatic heterocycles. The molecule has 3 rings (SSSR count). The van der Waals surface area contributed by atoms with Crippen LogP contribution in [0.15, 0.2) is 11.4 Å². The summed E-state index contributed by atoms with van der Waals surface area (Å²) in [6.07, 6.45) is 0. The number of hydrogen-bond acceptors (Lipinski definition) is 4. The van der Waals surface area contributed by atoms with E-state index in [9.17, 15) is 14.4 Å². The molecule has 0 aromatic carbocycles. The molecule has 2 aliphatic rings. The van der Waals surface area contributed by atoms with E-state index >= 15 is 0 Å². The van der Waals surface area contributed by atoms with Crippen LogP contribution in [-0.2, 0) is 9.59 Å². The average Bonchev–Trinajstić information content (AvgIpc) is 2.98. The van der Waals surface area contributed by atoms with Crippen molar-refractivity contribution >= 4 is 29.1 Å². The number of aryl methyl sites for hydroxylation is 1. The number of amides is 3. The minimum absolute atomic E-state index is 0.0408. The van der Waals surface area contributed by atoms with E-state index in [1.54, 1.807) is 16.7 Å². The zero-order valence-corrected chi connectivity index (χ0v) is 16.0. The van der Waals surface area contributed by atoms with Crippen molar-refractivity contribution in [2.75, 3.05) is 26.2 Å². The summed E-state index contributed by atoms with van der Waals surface area (Å²) in [6, 6.07) is 0.812. The predicted molar refractivity (Wildman–Crippen MR) is 96.5 cm³/mol. The summed E-state index contributed by atoms with van der Waals surface area (Å²) in [6.45, 7) is 9.87. The molecule has 0 aliphatic carbocycles. The van der Waals surface area contributed by atoms with Gasteiger partial charge in [0.05, 0.1) is 11.4 Å². The number of carbonyl (C=O) groups is 3. The third kappa shape index (κ3) is 3.17. The van der Waals surface area contributed by atoms with Crippen LogP contribution >= 0.6 is 11.3 Å². The lowest BCUT2D eigenvalue weighted by Crippen LogP contribution is -2.70. The molecule has 2 fully saturated rings. The van der Waals surface area contributed by atoms with Gasteiger partial charge in [0, 0.05) is 19.6 Å². The Balaban J connectivity index is 1.84. The van der Waals surface area contributed by atoms with Crippen LogP contribution < -0.4 is 0 Å². The van der Waals surface area contributed by atoms with Gasteiger partial charge in [-0.25, -0.2) is 0 Å². The number of piperazine rings is 2. The van der Waals surface area contributed by atoms with E-state index in [-0.39, 0.29) is 24.3 Å². The standard InChI is InChI=1S/C18H25N3O3S/c1-11(2)9-19-6-7-20-14(17(19)23)10-21(13(4)16(20)22)18(24)15-12(3)5-8-25-15/h5,8,11,13-14H,6-7,9-10H2,1-4H3/t13-,14-/m0/s1. The second-order valence-corrected chi connectivity index (χ2v) is 8.21. The van der Waals surface area contributed by atoms with Gasteiger partial charge >= 0.3 is 0 Å². The Bertz CT molecular complexity index is 699. The molecule has 0 N–H and O–H groups in total. The van der Waals surface area contributed by atoms with Crippen molar-refractivity contribution in [3.8, 4) is 0 Å². The first-order chi connectivity index (χ1) is 11.8. The van der Waals surface area contributed by atoms with Crippen molar-refractivity contribution in [3.63, 3.8) is 0 Å². The van der Waals surface area contributed by atoms with Crippen LogP contribution in [0.1, 0.15) is 36.0 Å². The molecule has 7 heteroatoms. The average molecular weight is 363 g/mol. The Morgan fingerprint density at radius 3 is 2.60 bits per heavy atom. The summed E-state index contributed by atoms with van der Waals surface area (Å²) in [5, 5.41) is 1.88. The molecule has 25 heavy (non-hydrogen) atoms. The van der Waals surface area contributed by atoms with Crippen molar-refractivity contribution in [2.45, 2.75) is 39.8 Å². The van der Waals surface area contributed by atoms with E-state index in [1.165, 1.54) is 11.3 Å². The quantitative estimate of drug-likeness (QED) is 0.819. The first-order valence-electron chi connectivity index (χ1n) is 8.75. The molecule has 3 heterocycles. The predicted octanol–water partition coefficient (Wildman–Crippen LogP) is 1.60.